The number of benzene rings is 4. The van der Waals surface area contributed by atoms with Crippen molar-refractivity contribution >= 4 is 15.9 Å². The van der Waals surface area contributed by atoms with Gasteiger partial charge < -0.3 is 9.72 Å². The number of halogens is 1. The van der Waals surface area contributed by atoms with Gasteiger partial charge in [-0.25, -0.2) is 4.98 Å². The van der Waals surface area contributed by atoms with E-state index < -0.39 is 0 Å². The second-order valence-electron chi connectivity index (χ2n) is 7.12. The Labute approximate surface area is 189 Å². The molecule has 0 spiro atoms. The lowest BCUT2D eigenvalue weighted by atomic mass is 10.1. The van der Waals surface area contributed by atoms with Gasteiger partial charge in [0.15, 0.2) is 0 Å². The Morgan fingerprint density at radius 3 is 1.97 bits per heavy atom. The first-order chi connectivity index (χ1) is 15.3. The van der Waals surface area contributed by atoms with E-state index >= 15 is 0 Å². The number of H-pyrrole nitrogens is 1. The highest BCUT2D eigenvalue weighted by Gasteiger charge is 2.15. The zero-order valence-electron chi connectivity index (χ0n) is 16.6. The van der Waals surface area contributed by atoms with Crippen molar-refractivity contribution in [2.24, 2.45) is 0 Å². The molecule has 1 N–H and O–H groups in total. The summed E-state index contributed by atoms with van der Waals surface area (Å²) in [4.78, 5) is 8.49. The smallest absolute Gasteiger partial charge is 0.138 e. The third-order valence-electron chi connectivity index (χ3n) is 4.97. The first-order valence-corrected chi connectivity index (χ1v) is 10.8. The van der Waals surface area contributed by atoms with Crippen LogP contribution < -0.4 is 4.74 Å². The SMILES string of the molecule is Brc1cccc(-c2nc(-c3ccccc3)c(-c3ccc(Oc4ccccc4)cc3)[nH]2)c1. The minimum atomic E-state index is 0.794. The highest BCUT2D eigenvalue weighted by Crippen LogP contribution is 2.34. The molecule has 5 aromatic rings. The molecule has 0 bridgehead atoms. The average molecular weight is 467 g/mol. The number of aromatic nitrogens is 2. The van der Waals surface area contributed by atoms with Gasteiger partial charge in [0.05, 0.1) is 11.4 Å². The van der Waals surface area contributed by atoms with Crippen molar-refractivity contribution in [2.45, 2.75) is 0 Å². The lowest BCUT2D eigenvalue weighted by molar-refractivity contribution is 0.483. The van der Waals surface area contributed by atoms with E-state index in [0.29, 0.717) is 0 Å². The van der Waals surface area contributed by atoms with Crippen molar-refractivity contribution in [3.05, 3.63) is 114 Å². The number of imidazole rings is 1. The highest BCUT2D eigenvalue weighted by atomic mass is 79.9. The highest BCUT2D eigenvalue weighted by molar-refractivity contribution is 9.10. The van der Waals surface area contributed by atoms with E-state index in [1.807, 2.05) is 72.8 Å². The Kier molecular flexibility index (Phi) is 5.38. The van der Waals surface area contributed by atoms with Crippen LogP contribution in [0.2, 0.25) is 0 Å². The van der Waals surface area contributed by atoms with Gasteiger partial charge in [-0.1, -0.05) is 76.6 Å². The zero-order chi connectivity index (χ0) is 21.0. The maximum atomic E-state index is 5.94. The predicted octanol–water partition coefficient (Wildman–Crippen LogP) is 7.97. The molecule has 0 saturated heterocycles. The van der Waals surface area contributed by atoms with Crippen LogP contribution in [0.5, 0.6) is 11.5 Å². The van der Waals surface area contributed by atoms with Crippen LogP contribution in [-0.4, -0.2) is 9.97 Å². The number of nitrogens with one attached hydrogen (secondary N) is 1. The molecule has 4 aromatic carbocycles. The first-order valence-electron chi connectivity index (χ1n) is 10.0. The molecule has 4 heteroatoms. The van der Waals surface area contributed by atoms with Crippen molar-refractivity contribution in [3.63, 3.8) is 0 Å². The summed E-state index contributed by atoms with van der Waals surface area (Å²) in [5, 5.41) is 0. The monoisotopic (exact) mass is 466 g/mol. The molecular formula is C27H19BrN2O. The fourth-order valence-corrected chi connectivity index (χ4v) is 3.87. The van der Waals surface area contributed by atoms with Gasteiger partial charge in [0.25, 0.3) is 0 Å². The van der Waals surface area contributed by atoms with Gasteiger partial charge in [-0.2, -0.15) is 0 Å². The van der Waals surface area contributed by atoms with Gasteiger partial charge in [-0.15, -0.1) is 0 Å². The fourth-order valence-electron chi connectivity index (χ4n) is 3.47. The first kappa shape index (κ1) is 19.3. The second kappa shape index (κ2) is 8.62. The van der Waals surface area contributed by atoms with Crippen LogP contribution in [0.15, 0.2) is 114 Å². The average Bonchev–Trinajstić information content (AvgIpc) is 3.27. The van der Waals surface area contributed by atoms with Crippen molar-refractivity contribution in [3.8, 4) is 45.4 Å². The molecule has 1 heterocycles. The van der Waals surface area contributed by atoms with Crippen LogP contribution in [0.1, 0.15) is 0 Å². The predicted molar refractivity (Wildman–Crippen MR) is 129 cm³/mol. The van der Waals surface area contributed by atoms with E-state index in [1.54, 1.807) is 0 Å². The Hall–Kier alpha value is -3.63. The third-order valence-corrected chi connectivity index (χ3v) is 5.46. The van der Waals surface area contributed by atoms with Gasteiger partial charge in [0.1, 0.15) is 17.3 Å². The molecule has 1 aromatic heterocycles. The minimum absolute atomic E-state index is 0.794. The standard InChI is InChI=1S/C27H19BrN2O/c28-22-11-7-10-21(18-22)27-29-25(19-8-3-1-4-9-19)26(30-27)20-14-16-24(17-15-20)31-23-12-5-2-6-13-23/h1-18H,(H,29,30). The molecule has 0 radical (unpaired) electrons. The molecule has 0 aliphatic heterocycles. The van der Waals surface area contributed by atoms with Crippen LogP contribution >= 0.6 is 15.9 Å². The van der Waals surface area contributed by atoms with E-state index in [-0.39, 0.29) is 0 Å². The molecule has 0 atom stereocenters. The summed E-state index contributed by atoms with van der Waals surface area (Å²) < 4.78 is 6.96. The maximum absolute atomic E-state index is 5.94. The zero-order valence-corrected chi connectivity index (χ0v) is 18.2. The molecule has 0 aliphatic rings. The number of hydrogen-bond donors (Lipinski definition) is 1. The largest absolute Gasteiger partial charge is 0.457 e. The van der Waals surface area contributed by atoms with E-state index in [0.717, 1.165) is 49.9 Å². The molecule has 150 valence electrons. The van der Waals surface area contributed by atoms with E-state index in [1.165, 1.54) is 0 Å². The Balaban J connectivity index is 1.54. The van der Waals surface area contributed by atoms with Crippen LogP contribution in [0.25, 0.3) is 33.9 Å². The Morgan fingerprint density at radius 1 is 0.613 bits per heavy atom. The van der Waals surface area contributed by atoms with Gasteiger partial charge >= 0.3 is 0 Å². The number of aromatic amines is 1. The summed E-state index contributed by atoms with van der Waals surface area (Å²) >= 11 is 3.55. The van der Waals surface area contributed by atoms with Crippen LogP contribution in [0.4, 0.5) is 0 Å². The lowest BCUT2D eigenvalue weighted by Crippen LogP contribution is -1.86. The van der Waals surface area contributed by atoms with Gasteiger partial charge in [0, 0.05) is 21.2 Å². The van der Waals surface area contributed by atoms with Crippen molar-refractivity contribution in [2.75, 3.05) is 0 Å². The number of rotatable bonds is 5. The number of nitrogens with zero attached hydrogens (tertiary/aromatic N) is 1. The Morgan fingerprint density at radius 2 is 1.26 bits per heavy atom. The second-order valence-corrected chi connectivity index (χ2v) is 8.04. The summed E-state index contributed by atoms with van der Waals surface area (Å²) in [5.74, 6) is 2.45. The van der Waals surface area contributed by atoms with Crippen LogP contribution in [0.3, 0.4) is 0 Å². The molecule has 0 fully saturated rings. The van der Waals surface area contributed by atoms with E-state index in [2.05, 4.69) is 57.3 Å². The normalized spacial score (nSPS) is 10.7. The summed E-state index contributed by atoms with van der Waals surface area (Å²) in [5.41, 5.74) is 5.05. The third kappa shape index (κ3) is 4.30. The summed E-state index contributed by atoms with van der Waals surface area (Å²) in [6, 6.07) is 36.3. The molecule has 0 unspecified atom stereocenters. The minimum Gasteiger partial charge on any atom is -0.457 e. The lowest BCUT2D eigenvalue weighted by Gasteiger charge is -2.07. The van der Waals surface area contributed by atoms with Crippen molar-refractivity contribution in [1.82, 2.24) is 9.97 Å². The summed E-state index contributed by atoms with van der Waals surface area (Å²) in [6.45, 7) is 0. The quantitative estimate of drug-likeness (QED) is 0.285. The molecule has 31 heavy (non-hydrogen) atoms. The number of hydrogen-bond acceptors (Lipinski definition) is 2. The molecule has 0 saturated carbocycles. The molecule has 0 aliphatic carbocycles. The van der Waals surface area contributed by atoms with Crippen molar-refractivity contribution < 1.29 is 4.74 Å². The molecular weight excluding hydrogens is 448 g/mol. The number of para-hydroxylation sites is 1. The number of ether oxygens (including phenoxy) is 1. The van der Waals surface area contributed by atoms with Gasteiger partial charge in [-0.3, -0.25) is 0 Å². The van der Waals surface area contributed by atoms with Crippen LogP contribution in [0, 0.1) is 0 Å². The van der Waals surface area contributed by atoms with Crippen molar-refractivity contribution in [1.29, 1.82) is 0 Å². The van der Waals surface area contributed by atoms with E-state index in [4.69, 9.17) is 9.72 Å². The maximum Gasteiger partial charge on any atom is 0.138 e. The summed E-state index contributed by atoms with van der Waals surface area (Å²) in [7, 11) is 0. The Bertz CT molecular complexity index is 1300. The van der Waals surface area contributed by atoms with E-state index in [9.17, 15) is 0 Å². The molecule has 3 nitrogen and oxygen atoms in total. The van der Waals surface area contributed by atoms with Gasteiger partial charge in [-0.05, 0) is 48.5 Å². The fraction of sp³-hybridized carbons (Fsp3) is 0. The molecule has 5 rings (SSSR count). The topological polar surface area (TPSA) is 37.9 Å². The van der Waals surface area contributed by atoms with Crippen LogP contribution in [-0.2, 0) is 0 Å². The van der Waals surface area contributed by atoms with Gasteiger partial charge in [0.2, 0.25) is 0 Å². The molecule has 0 amide bonds. The summed E-state index contributed by atoms with van der Waals surface area (Å²) in [6.07, 6.45) is 0.